The molecule has 4 heteroatoms. The molecule has 0 heterocycles. The van der Waals surface area contributed by atoms with E-state index in [-0.39, 0.29) is 16.5 Å². The van der Waals surface area contributed by atoms with E-state index < -0.39 is 0 Å². The molecule has 0 rings (SSSR count). The third-order valence-corrected chi connectivity index (χ3v) is 0. The van der Waals surface area contributed by atoms with Gasteiger partial charge >= 0.3 is 26.9 Å². The fourth-order valence-corrected chi connectivity index (χ4v) is 0. The maximum atomic E-state index is 3.59. The minimum absolute atomic E-state index is 0. The second-order valence-electron chi connectivity index (χ2n) is 0.0632. The Morgan fingerprint density at radius 2 is 1.25 bits per heavy atom. The van der Waals surface area contributed by atoms with Gasteiger partial charge in [0.05, 0.1) is 0 Å². The number of rotatable bonds is 0. The van der Waals surface area contributed by atoms with Gasteiger partial charge in [0, 0.05) is 16.5 Å². The Morgan fingerprint density at radius 3 is 1.25 bits per heavy atom. The molecule has 0 aliphatic heterocycles. The van der Waals surface area contributed by atoms with Gasteiger partial charge in [-0.05, 0) is 0 Å². The third kappa shape index (κ3) is 9.14. The van der Waals surface area contributed by atoms with Crippen LogP contribution in [0.1, 0.15) is 0 Å². The molecule has 0 aliphatic carbocycles. The van der Waals surface area contributed by atoms with Crippen molar-refractivity contribution in [3.8, 4) is 0 Å². The molecule has 0 saturated heterocycles. The first-order valence-electron chi connectivity index (χ1n) is 0.283. The van der Waals surface area contributed by atoms with Crippen molar-refractivity contribution >= 4 is 14.7 Å². The molecular formula is Ni2P2. The normalized spacial score (nSPS) is 3.50. The summed E-state index contributed by atoms with van der Waals surface area (Å²) in [7, 11) is 7.18. The predicted octanol–water partition coefficient (Wildman–Crippen LogP) is 1.72. The van der Waals surface area contributed by atoms with Crippen molar-refractivity contribution in [1.29, 1.82) is 0 Å². The fraction of sp³-hybridized carbons (Fsp3) is 0. The van der Waals surface area contributed by atoms with Gasteiger partial charge in [-0.1, -0.05) is 0 Å². The van der Waals surface area contributed by atoms with Crippen molar-refractivity contribution in [1.82, 2.24) is 0 Å². The summed E-state index contributed by atoms with van der Waals surface area (Å²) in [6.07, 6.45) is 0. The van der Waals surface area contributed by atoms with Gasteiger partial charge < -0.3 is 0 Å². The van der Waals surface area contributed by atoms with Crippen molar-refractivity contribution in [2.24, 2.45) is 0 Å². The minimum atomic E-state index is 0. The average molecular weight is 179 g/mol. The zero-order chi connectivity index (χ0) is 2.71. The van der Waals surface area contributed by atoms with Crippen LogP contribution in [0.4, 0.5) is 0 Å². The van der Waals surface area contributed by atoms with E-state index in [1.54, 1.807) is 0 Å². The van der Waals surface area contributed by atoms with Crippen LogP contribution in [-0.2, 0) is 28.7 Å². The molecule has 0 atom stereocenters. The van der Waals surface area contributed by atoms with E-state index in [0.717, 1.165) is 12.2 Å². The number of hydrogen-bond acceptors (Lipinski definition) is 0. The Kier molecular flexibility index (Phi) is 20.5. The fourth-order valence-electron chi connectivity index (χ4n) is 0. The van der Waals surface area contributed by atoms with Gasteiger partial charge in [-0.2, -0.15) is 0 Å². The molecule has 0 spiro atoms. The topological polar surface area (TPSA) is 0 Å². The Morgan fingerprint density at radius 1 is 1.25 bits per heavy atom. The maximum absolute atomic E-state index is 3.59. The van der Waals surface area contributed by atoms with Crippen LogP contribution in [0.5, 0.6) is 0 Å². The van der Waals surface area contributed by atoms with E-state index in [1.807, 2.05) is 0 Å². The Balaban J connectivity index is 0. The van der Waals surface area contributed by atoms with Gasteiger partial charge in [-0.25, -0.2) is 0 Å². The van der Waals surface area contributed by atoms with Crippen molar-refractivity contribution in [3.63, 3.8) is 0 Å². The first-order chi connectivity index (χ1) is 1.41. The van der Waals surface area contributed by atoms with Crippen LogP contribution < -0.4 is 0 Å². The van der Waals surface area contributed by atoms with Gasteiger partial charge in [-0.15, -0.1) is 0 Å². The van der Waals surface area contributed by atoms with Crippen molar-refractivity contribution < 1.29 is 28.7 Å². The summed E-state index contributed by atoms with van der Waals surface area (Å²) in [5.41, 5.74) is 0. The van der Waals surface area contributed by atoms with Gasteiger partial charge in [0.2, 0.25) is 0 Å². The van der Waals surface area contributed by atoms with Crippen molar-refractivity contribution in [3.05, 3.63) is 0 Å². The van der Waals surface area contributed by atoms with Crippen molar-refractivity contribution in [2.75, 3.05) is 0 Å². The molecule has 30 valence electrons. The zero-order valence-corrected chi connectivity index (χ0v) is 5.29. The summed E-state index contributed by atoms with van der Waals surface area (Å²) in [6, 6.07) is 0. The molecule has 0 nitrogen and oxygen atoms in total. The zero-order valence-electron chi connectivity index (χ0n) is 1.53. The average Bonchev–Trinajstić information content (AvgIpc) is 0.918. The predicted molar refractivity (Wildman–Crippen MR) is 13.8 cm³/mol. The van der Waals surface area contributed by atoms with E-state index in [1.165, 1.54) is 0 Å². The molecule has 0 aromatic heterocycles. The van der Waals surface area contributed by atoms with Gasteiger partial charge in [-0.3, -0.25) is 0 Å². The molecule has 0 bridgehead atoms. The molecule has 0 fully saturated rings. The van der Waals surface area contributed by atoms with Crippen LogP contribution in [0.2, 0.25) is 0 Å². The second-order valence-corrected chi connectivity index (χ2v) is 2.35. The molecule has 0 radical (unpaired) electrons. The first kappa shape index (κ1) is 9.28. The van der Waals surface area contributed by atoms with E-state index in [4.69, 9.17) is 0 Å². The molecule has 0 unspecified atom stereocenters. The molecule has 0 aromatic rings. The van der Waals surface area contributed by atoms with Crippen LogP contribution in [0, 0.1) is 0 Å². The van der Waals surface area contributed by atoms with E-state index in [2.05, 4.69) is 14.7 Å². The van der Waals surface area contributed by atoms with E-state index >= 15 is 0 Å². The van der Waals surface area contributed by atoms with Gasteiger partial charge in [0.1, 0.15) is 0 Å². The monoisotopic (exact) mass is 178 g/mol. The molecular weight excluding hydrogens is 179 g/mol. The summed E-state index contributed by atoms with van der Waals surface area (Å²) < 4.78 is 0. The molecule has 0 N–H and O–H groups in total. The molecule has 0 saturated carbocycles. The standard InChI is InChI=1S/2Ni.2P. The SMILES string of the molecule is [Ni].[P]#[Ni]#[P]. The van der Waals surface area contributed by atoms with Gasteiger partial charge in [0.25, 0.3) is 0 Å². The van der Waals surface area contributed by atoms with E-state index in [0.29, 0.717) is 0 Å². The second kappa shape index (κ2) is 8.85. The van der Waals surface area contributed by atoms with Crippen LogP contribution >= 0.6 is 14.7 Å². The summed E-state index contributed by atoms with van der Waals surface area (Å²) in [5.74, 6) is 0. The van der Waals surface area contributed by atoms with Crippen LogP contribution in [0.3, 0.4) is 0 Å². The van der Waals surface area contributed by atoms with Crippen LogP contribution in [0.15, 0.2) is 0 Å². The Hall–Kier alpha value is 1.85. The van der Waals surface area contributed by atoms with Gasteiger partial charge in [0.15, 0.2) is 0 Å². The van der Waals surface area contributed by atoms with Crippen molar-refractivity contribution in [2.45, 2.75) is 0 Å². The quantitative estimate of drug-likeness (QED) is 0.392. The number of hydrogen-bond donors (Lipinski definition) is 0. The van der Waals surface area contributed by atoms with Crippen LogP contribution in [-0.4, -0.2) is 0 Å². The molecule has 0 aliphatic rings. The molecule has 4 heavy (non-hydrogen) atoms. The summed E-state index contributed by atoms with van der Waals surface area (Å²) in [4.78, 5) is 0. The Bertz CT molecular complexity index is 77.2. The third-order valence-electron chi connectivity index (χ3n) is 0. The summed E-state index contributed by atoms with van der Waals surface area (Å²) in [5, 5.41) is 0. The molecule has 0 amide bonds. The van der Waals surface area contributed by atoms with Crippen LogP contribution in [0.25, 0.3) is 0 Å². The van der Waals surface area contributed by atoms with E-state index in [9.17, 15) is 0 Å². The molecule has 0 aromatic carbocycles. The Labute approximate surface area is 43.6 Å². The first-order valence-corrected chi connectivity index (χ1v) is 3.50. The summed E-state index contributed by atoms with van der Waals surface area (Å²) in [6.45, 7) is 0. The summed E-state index contributed by atoms with van der Waals surface area (Å²) >= 11 is 1.01.